The number of ether oxygens (including phenoxy) is 1. The van der Waals surface area contributed by atoms with Gasteiger partial charge in [0.2, 0.25) is 0 Å². The standard InChI is InChI=1S/C11H16N2O2/c1-2-15-7-6-10-12-9-5-3-4-8(9)11(14)13-10/h2-7H2,1H3,(H,12,13,14). The van der Waals surface area contributed by atoms with Crippen LogP contribution in [0.5, 0.6) is 0 Å². The first-order valence-corrected chi connectivity index (χ1v) is 5.50. The molecular formula is C11H16N2O2. The van der Waals surface area contributed by atoms with Gasteiger partial charge in [0.15, 0.2) is 0 Å². The molecule has 0 spiro atoms. The fraction of sp³-hybridized carbons (Fsp3) is 0.636. The van der Waals surface area contributed by atoms with Gasteiger partial charge in [-0.3, -0.25) is 4.79 Å². The van der Waals surface area contributed by atoms with E-state index in [1.165, 1.54) is 0 Å². The molecule has 1 aliphatic rings. The lowest BCUT2D eigenvalue weighted by molar-refractivity contribution is 0.149. The van der Waals surface area contributed by atoms with Gasteiger partial charge in [0.25, 0.3) is 5.56 Å². The number of aromatic nitrogens is 2. The molecule has 0 unspecified atom stereocenters. The Morgan fingerprint density at radius 1 is 1.47 bits per heavy atom. The van der Waals surface area contributed by atoms with E-state index in [0.717, 1.165) is 36.3 Å². The van der Waals surface area contributed by atoms with Crippen LogP contribution in [0.25, 0.3) is 0 Å². The summed E-state index contributed by atoms with van der Waals surface area (Å²) < 4.78 is 5.23. The molecule has 82 valence electrons. The van der Waals surface area contributed by atoms with Gasteiger partial charge in [0.05, 0.1) is 12.3 Å². The van der Waals surface area contributed by atoms with E-state index in [-0.39, 0.29) is 5.56 Å². The molecule has 2 rings (SSSR count). The van der Waals surface area contributed by atoms with Gasteiger partial charge in [0.1, 0.15) is 5.82 Å². The van der Waals surface area contributed by atoms with Gasteiger partial charge in [-0.05, 0) is 26.2 Å². The van der Waals surface area contributed by atoms with Gasteiger partial charge in [-0.15, -0.1) is 0 Å². The van der Waals surface area contributed by atoms with E-state index in [2.05, 4.69) is 9.97 Å². The minimum atomic E-state index is 0.0454. The van der Waals surface area contributed by atoms with E-state index >= 15 is 0 Å². The highest BCUT2D eigenvalue weighted by Gasteiger charge is 2.16. The van der Waals surface area contributed by atoms with Gasteiger partial charge in [-0.1, -0.05) is 0 Å². The molecular weight excluding hydrogens is 192 g/mol. The first-order valence-electron chi connectivity index (χ1n) is 5.50. The fourth-order valence-electron chi connectivity index (χ4n) is 1.92. The highest BCUT2D eigenvalue weighted by atomic mass is 16.5. The van der Waals surface area contributed by atoms with E-state index in [9.17, 15) is 4.79 Å². The van der Waals surface area contributed by atoms with E-state index in [4.69, 9.17) is 4.74 Å². The van der Waals surface area contributed by atoms with Gasteiger partial charge < -0.3 is 9.72 Å². The maximum absolute atomic E-state index is 11.6. The molecule has 4 heteroatoms. The highest BCUT2D eigenvalue weighted by Crippen LogP contribution is 2.15. The Morgan fingerprint density at radius 3 is 3.13 bits per heavy atom. The Hall–Kier alpha value is -1.16. The number of fused-ring (bicyclic) bond motifs is 1. The molecule has 15 heavy (non-hydrogen) atoms. The van der Waals surface area contributed by atoms with Gasteiger partial charge in [-0.25, -0.2) is 4.98 Å². The topological polar surface area (TPSA) is 55.0 Å². The minimum Gasteiger partial charge on any atom is -0.381 e. The second-order valence-electron chi connectivity index (χ2n) is 3.74. The Balaban J connectivity index is 2.13. The third kappa shape index (κ3) is 2.26. The van der Waals surface area contributed by atoms with Crippen LogP contribution in [-0.4, -0.2) is 23.2 Å². The van der Waals surface area contributed by atoms with Crippen LogP contribution in [0.15, 0.2) is 4.79 Å². The smallest absolute Gasteiger partial charge is 0.254 e. The Bertz CT molecular complexity index is 398. The molecule has 1 aromatic heterocycles. The summed E-state index contributed by atoms with van der Waals surface area (Å²) in [6.45, 7) is 3.28. The molecule has 1 heterocycles. The first-order chi connectivity index (χ1) is 7.31. The zero-order valence-electron chi connectivity index (χ0n) is 9.01. The lowest BCUT2D eigenvalue weighted by atomic mass is 10.2. The lowest BCUT2D eigenvalue weighted by Gasteiger charge is -2.03. The van der Waals surface area contributed by atoms with Gasteiger partial charge in [0, 0.05) is 18.6 Å². The molecule has 1 aromatic rings. The van der Waals surface area contributed by atoms with Crippen molar-refractivity contribution in [1.82, 2.24) is 9.97 Å². The van der Waals surface area contributed by atoms with E-state index in [1.807, 2.05) is 6.92 Å². The van der Waals surface area contributed by atoms with Crippen LogP contribution < -0.4 is 5.56 Å². The van der Waals surface area contributed by atoms with Crippen molar-refractivity contribution in [2.75, 3.05) is 13.2 Å². The van der Waals surface area contributed by atoms with E-state index in [0.29, 0.717) is 19.6 Å². The predicted molar refractivity (Wildman–Crippen MR) is 57.1 cm³/mol. The van der Waals surface area contributed by atoms with Gasteiger partial charge >= 0.3 is 0 Å². The minimum absolute atomic E-state index is 0.0454. The molecule has 0 atom stereocenters. The molecule has 0 aliphatic heterocycles. The zero-order valence-corrected chi connectivity index (χ0v) is 9.01. The van der Waals surface area contributed by atoms with Crippen LogP contribution >= 0.6 is 0 Å². The Kier molecular flexibility index (Phi) is 3.16. The maximum atomic E-state index is 11.6. The van der Waals surface area contributed by atoms with Crippen molar-refractivity contribution in [1.29, 1.82) is 0 Å². The molecule has 0 saturated carbocycles. The molecule has 0 amide bonds. The molecule has 0 radical (unpaired) electrons. The summed E-state index contributed by atoms with van der Waals surface area (Å²) >= 11 is 0. The highest BCUT2D eigenvalue weighted by molar-refractivity contribution is 5.22. The Labute approximate surface area is 88.7 Å². The molecule has 1 aliphatic carbocycles. The summed E-state index contributed by atoms with van der Waals surface area (Å²) in [5.41, 5.74) is 1.92. The fourth-order valence-corrected chi connectivity index (χ4v) is 1.92. The summed E-state index contributed by atoms with van der Waals surface area (Å²) in [6.07, 6.45) is 3.57. The third-order valence-electron chi connectivity index (χ3n) is 2.68. The normalized spacial score (nSPS) is 14.2. The predicted octanol–water partition coefficient (Wildman–Crippen LogP) is 0.838. The quantitative estimate of drug-likeness (QED) is 0.746. The summed E-state index contributed by atoms with van der Waals surface area (Å²) in [6, 6.07) is 0. The monoisotopic (exact) mass is 208 g/mol. The number of nitrogens with one attached hydrogen (secondary N) is 1. The van der Waals surface area contributed by atoms with Crippen molar-refractivity contribution in [2.45, 2.75) is 32.6 Å². The molecule has 0 aromatic carbocycles. The van der Waals surface area contributed by atoms with E-state index in [1.54, 1.807) is 0 Å². The number of nitrogens with zero attached hydrogens (tertiary/aromatic N) is 1. The largest absolute Gasteiger partial charge is 0.381 e. The zero-order chi connectivity index (χ0) is 10.7. The van der Waals surface area contributed by atoms with Crippen LogP contribution in [0, 0.1) is 0 Å². The van der Waals surface area contributed by atoms with Gasteiger partial charge in [-0.2, -0.15) is 0 Å². The molecule has 4 nitrogen and oxygen atoms in total. The van der Waals surface area contributed by atoms with Crippen LogP contribution in [0.1, 0.15) is 30.4 Å². The maximum Gasteiger partial charge on any atom is 0.254 e. The SMILES string of the molecule is CCOCCc1nc2c(c(=O)[nH]1)CCC2. The van der Waals surface area contributed by atoms with Crippen molar-refractivity contribution < 1.29 is 4.74 Å². The van der Waals surface area contributed by atoms with Crippen molar-refractivity contribution >= 4 is 0 Å². The van der Waals surface area contributed by atoms with Crippen LogP contribution in [0.4, 0.5) is 0 Å². The van der Waals surface area contributed by atoms with Crippen molar-refractivity contribution in [2.24, 2.45) is 0 Å². The number of H-pyrrole nitrogens is 1. The van der Waals surface area contributed by atoms with Crippen molar-refractivity contribution in [3.05, 3.63) is 27.4 Å². The summed E-state index contributed by atoms with van der Waals surface area (Å²) in [7, 11) is 0. The molecule has 0 fully saturated rings. The summed E-state index contributed by atoms with van der Waals surface area (Å²) in [5.74, 6) is 0.758. The third-order valence-corrected chi connectivity index (χ3v) is 2.68. The average molecular weight is 208 g/mol. The number of hydrogen-bond donors (Lipinski definition) is 1. The van der Waals surface area contributed by atoms with Crippen molar-refractivity contribution in [3.63, 3.8) is 0 Å². The second kappa shape index (κ2) is 4.57. The number of aromatic amines is 1. The van der Waals surface area contributed by atoms with Crippen LogP contribution in [0.2, 0.25) is 0 Å². The molecule has 0 saturated heterocycles. The number of hydrogen-bond acceptors (Lipinski definition) is 3. The average Bonchev–Trinajstić information content (AvgIpc) is 2.66. The lowest BCUT2D eigenvalue weighted by Crippen LogP contribution is -2.18. The van der Waals surface area contributed by atoms with Crippen molar-refractivity contribution in [3.8, 4) is 0 Å². The van der Waals surface area contributed by atoms with Crippen LogP contribution in [-0.2, 0) is 24.0 Å². The number of aryl methyl sites for hydroxylation is 1. The second-order valence-corrected chi connectivity index (χ2v) is 3.74. The molecule has 0 bridgehead atoms. The summed E-state index contributed by atoms with van der Waals surface area (Å²) in [4.78, 5) is 18.9. The summed E-state index contributed by atoms with van der Waals surface area (Å²) in [5, 5.41) is 0. The molecule has 1 N–H and O–H groups in total. The first kappa shape index (κ1) is 10.4. The van der Waals surface area contributed by atoms with Crippen LogP contribution in [0.3, 0.4) is 0 Å². The number of rotatable bonds is 4. The Morgan fingerprint density at radius 2 is 2.33 bits per heavy atom. The van der Waals surface area contributed by atoms with E-state index < -0.39 is 0 Å².